The lowest BCUT2D eigenvalue weighted by Crippen LogP contribution is -2.19. The Bertz CT molecular complexity index is 566. The minimum absolute atomic E-state index is 0.183. The van der Waals surface area contributed by atoms with Gasteiger partial charge in [0.2, 0.25) is 0 Å². The van der Waals surface area contributed by atoms with E-state index in [1.807, 2.05) is 42.2 Å². The van der Waals surface area contributed by atoms with E-state index < -0.39 is 0 Å². The Morgan fingerprint density at radius 3 is 2.65 bits per heavy atom. The lowest BCUT2D eigenvalue weighted by atomic mass is 10.1. The molecule has 0 bridgehead atoms. The molecule has 1 heterocycles. The van der Waals surface area contributed by atoms with Crippen LogP contribution in [0.25, 0.3) is 0 Å². The molecule has 5 heteroatoms. The molecule has 1 aromatic carbocycles. The van der Waals surface area contributed by atoms with Crippen LogP contribution in [0.2, 0.25) is 0 Å². The SMILES string of the molecule is COc1ccc(CNC(C)c2ccn(C)n2)c(OC)c1. The van der Waals surface area contributed by atoms with Crippen molar-refractivity contribution in [3.05, 3.63) is 41.7 Å². The molecule has 2 rings (SSSR count). The summed E-state index contributed by atoms with van der Waals surface area (Å²) in [5.41, 5.74) is 2.12. The van der Waals surface area contributed by atoms with Crippen molar-refractivity contribution < 1.29 is 9.47 Å². The van der Waals surface area contributed by atoms with E-state index in [0.29, 0.717) is 6.54 Å². The summed E-state index contributed by atoms with van der Waals surface area (Å²) < 4.78 is 12.4. The Hall–Kier alpha value is -2.01. The Morgan fingerprint density at radius 1 is 1.25 bits per heavy atom. The van der Waals surface area contributed by atoms with Crippen LogP contribution in [0.3, 0.4) is 0 Å². The summed E-state index contributed by atoms with van der Waals surface area (Å²) in [5.74, 6) is 1.62. The van der Waals surface area contributed by atoms with Crippen LogP contribution in [0.4, 0.5) is 0 Å². The van der Waals surface area contributed by atoms with Gasteiger partial charge in [0.1, 0.15) is 11.5 Å². The molecule has 5 nitrogen and oxygen atoms in total. The summed E-state index contributed by atoms with van der Waals surface area (Å²) in [6.45, 7) is 2.81. The first-order valence-corrected chi connectivity index (χ1v) is 6.58. The number of hydrogen-bond donors (Lipinski definition) is 1. The van der Waals surface area contributed by atoms with Crippen molar-refractivity contribution in [2.75, 3.05) is 14.2 Å². The third-order valence-electron chi connectivity index (χ3n) is 3.27. The number of rotatable bonds is 6. The van der Waals surface area contributed by atoms with Gasteiger partial charge >= 0.3 is 0 Å². The second kappa shape index (κ2) is 6.43. The second-order valence-corrected chi connectivity index (χ2v) is 4.69. The maximum Gasteiger partial charge on any atom is 0.127 e. The largest absolute Gasteiger partial charge is 0.497 e. The summed E-state index contributed by atoms with van der Waals surface area (Å²) >= 11 is 0. The van der Waals surface area contributed by atoms with Gasteiger partial charge in [0.15, 0.2) is 0 Å². The monoisotopic (exact) mass is 275 g/mol. The fraction of sp³-hybridized carbons (Fsp3) is 0.400. The summed E-state index contributed by atoms with van der Waals surface area (Å²) in [6.07, 6.45) is 1.95. The van der Waals surface area contributed by atoms with Crippen molar-refractivity contribution in [3.8, 4) is 11.5 Å². The van der Waals surface area contributed by atoms with Gasteiger partial charge in [-0.3, -0.25) is 4.68 Å². The highest BCUT2D eigenvalue weighted by Gasteiger charge is 2.10. The average Bonchev–Trinajstić information content (AvgIpc) is 2.91. The van der Waals surface area contributed by atoms with E-state index in [-0.39, 0.29) is 6.04 Å². The number of benzene rings is 1. The number of methoxy groups -OCH3 is 2. The predicted octanol–water partition coefficient (Wildman–Crippen LogP) is 2.29. The summed E-state index contributed by atoms with van der Waals surface area (Å²) in [7, 11) is 5.24. The number of aryl methyl sites for hydroxylation is 1. The lowest BCUT2D eigenvalue weighted by molar-refractivity contribution is 0.388. The van der Waals surface area contributed by atoms with E-state index in [2.05, 4.69) is 17.3 Å². The molecule has 1 unspecified atom stereocenters. The van der Waals surface area contributed by atoms with Crippen LogP contribution in [0.1, 0.15) is 24.2 Å². The normalized spacial score (nSPS) is 12.2. The third-order valence-corrected chi connectivity index (χ3v) is 3.27. The zero-order valence-corrected chi connectivity index (χ0v) is 12.4. The predicted molar refractivity (Wildman–Crippen MR) is 78.0 cm³/mol. The van der Waals surface area contributed by atoms with E-state index in [1.165, 1.54) is 0 Å². The van der Waals surface area contributed by atoms with E-state index in [4.69, 9.17) is 9.47 Å². The number of ether oxygens (including phenoxy) is 2. The van der Waals surface area contributed by atoms with Crippen LogP contribution in [0, 0.1) is 0 Å². The standard InChI is InChI=1S/C15H21N3O2/c1-11(14-7-8-18(2)17-14)16-10-12-5-6-13(19-3)9-15(12)20-4/h5-9,11,16H,10H2,1-4H3. The van der Waals surface area contributed by atoms with Crippen molar-refractivity contribution in [3.63, 3.8) is 0 Å². The first kappa shape index (κ1) is 14.4. The lowest BCUT2D eigenvalue weighted by Gasteiger charge is -2.14. The highest BCUT2D eigenvalue weighted by molar-refractivity contribution is 5.40. The molecule has 1 N–H and O–H groups in total. The molecule has 20 heavy (non-hydrogen) atoms. The maximum absolute atomic E-state index is 5.39. The van der Waals surface area contributed by atoms with E-state index in [1.54, 1.807) is 14.2 Å². The van der Waals surface area contributed by atoms with Gasteiger partial charge in [0, 0.05) is 37.5 Å². The summed E-state index contributed by atoms with van der Waals surface area (Å²) in [4.78, 5) is 0. The highest BCUT2D eigenvalue weighted by atomic mass is 16.5. The highest BCUT2D eigenvalue weighted by Crippen LogP contribution is 2.25. The second-order valence-electron chi connectivity index (χ2n) is 4.69. The molecule has 0 spiro atoms. The van der Waals surface area contributed by atoms with Crippen molar-refractivity contribution in [1.29, 1.82) is 0 Å². The fourth-order valence-electron chi connectivity index (χ4n) is 2.03. The van der Waals surface area contributed by atoms with Gasteiger partial charge in [-0.2, -0.15) is 5.10 Å². The Morgan fingerprint density at radius 2 is 2.05 bits per heavy atom. The minimum atomic E-state index is 0.183. The van der Waals surface area contributed by atoms with Gasteiger partial charge in [0.05, 0.1) is 19.9 Å². The Kier molecular flexibility index (Phi) is 4.63. The van der Waals surface area contributed by atoms with Gasteiger partial charge in [-0.25, -0.2) is 0 Å². The van der Waals surface area contributed by atoms with Crippen LogP contribution < -0.4 is 14.8 Å². The van der Waals surface area contributed by atoms with Gasteiger partial charge in [-0.15, -0.1) is 0 Å². The third kappa shape index (κ3) is 3.30. The van der Waals surface area contributed by atoms with Gasteiger partial charge in [-0.1, -0.05) is 6.07 Å². The Labute approximate surface area is 119 Å². The van der Waals surface area contributed by atoms with Crippen LogP contribution in [0.15, 0.2) is 30.5 Å². The zero-order valence-electron chi connectivity index (χ0n) is 12.4. The van der Waals surface area contributed by atoms with Gasteiger partial charge in [-0.05, 0) is 19.1 Å². The molecule has 1 atom stereocenters. The Balaban J connectivity index is 2.03. The van der Waals surface area contributed by atoms with E-state index >= 15 is 0 Å². The summed E-state index contributed by atoms with van der Waals surface area (Å²) in [5, 5.41) is 7.84. The molecule has 0 aliphatic carbocycles. The van der Waals surface area contributed by atoms with Crippen LogP contribution in [-0.4, -0.2) is 24.0 Å². The van der Waals surface area contributed by atoms with Crippen molar-refractivity contribution >= 4 is 0 Å². The molecule has 0 aliphatic rings. The number of nitrogens with one attached hydrogen (secondary N) is 1. The molecule has 1 aromatic heterocycles. The molecule has 0 amide bonds. The van der Waals surface area contributed by atoms with Crippen LogP contribution in [0.5, 0.6) is 11.5 Å². The molecule has 0 aliphatic heterocycles. The molecular weight excluding hydrogens is 254 g/mol. The van der Waals surface area contributed by atoms with E-state index in [9.17, 15) is 0 Å². The molecule has 0 radical (unpaired) electrons. The number of aromatic nitrogens is 2. The molecule has 0 saturated heterocycles. The smallest absolute Gasteiger partial charge is 0.127 e. The van der Waals surface area contributed by atoms with Gasteiger partial charge in [0.25, 0.3) is 0 Å². The van der Waals surface area contributed by atoms with Crippen molar-refractivity contribution in [2.45, 2.75) is 19.5 Å². The van der Waals surface area contributed by atoms with Gasteiger partial charge < -0.3 is 14.8 Å². The topological polar surface area (TPSA) is 48.3 Å². The molecular formula is C15H21N3O2. The van der Waals surface area contributed by atoms with Crippen molar-refractivity contribution in [1.82, 2.24) is 15.1 Å². The quantitative estimate of drug-likeness (QED) is 0.878. The molecule has 2 aromatic rings. The van der Waals surface area contributed by atoms with E-state index in [0.717, 1.165) is 22.8 Å². The summed E-state index contributed by atoms with van der Waals surface area (Å²) in [6, 6.07) is 8.04. The first-order chi connectivity index (χ1) is 9.63. The van der Waals surface area contributed by atoms with Crippen LogP contribution in [-0.2, 0) is 13.6 Å². The first-order valence-electron chi connectivity index (χ1n) is 6.58. The number of nitrogens with zero attached hydrogens (tertiary/aromatic N) is 2. The molecule has 108 valence electrons. The minimum Gasteiger partial charge on any atom is -0.497 e. The zero-order chi connectivity index (χ0) is 14.5. The molecule has 0 fully saturated rings. The fourth-order valence-corrected chi connectivity index (χ4v) is 2.03. The maximum atomic E-state index is 5.39. The average molecular weight is 275 g/mol. The van der Waals surface area contributed by atoms with Crippen LogP contribution >= 0.6 is 0 Å². The molecule has 0 saturated carbocycles. The van der Waals surface area contributed by atoms with Crippen molar-refractivity contribution in [2.24, 2.45) is 7.05 Å². The number of hydrogen-bond acceptors (Lipinski definition) is 4.